The Hall–Kier alpha value is -3.52. The van der Waals surface area contributed by atoms with Crippen LogP contribution in [0.1, 0.15) is 33.9 Å². The number of anilines is 1. The number of sulfonamides is 1. The highest BCUT2D eigenvalue weighted by Crippen LogP contribution is 2.35. The van der Waals surface area contributed by atoms with Crippen molar-refractivity contribution in [1.29, 1.82) is 0 Å². The second-order valence-corrected chi connectivity index (χ2v) is 9.88. The average Bonchev–Trinajstić information content (AvgIpc) is 3.29. The zero-order valence-electron chi connectivity index (χ0n) is 18.2. The second kappa shape index (κ2) is 8.44. The number of amides is 1. The van der Waals surface area contributed by atoms with E-state index in [4.69, 9.17) is 9.47 Å². The Morgan fingerprint density at radius 3 is 2.73 bits per heavy atom. The van der Waals surface area contributed by atoms with E-state index in [1.807, 2.05) is 42.5 Å². The van der Waals surface area contributed by atoms with Gasteiger partial charge in [0.1, 0.15) is 11.5 Å². The van der Waals surface area contributed by atoms with Crippen LogP contribution in [0.3, 0.4) is 0 Å². The number of nitrogens with one attached hydrogen (secondary N) is 1. The van der Waals surface area contributed by atoms with E-state index in [0.29, 0.717) is 37.4 Å². The zero-order valence-corrected chi connectivity index (χ0v) is 19.0. The van der Waals surface area contributed by atoms with Crippen LogP contribution in [-0.2, 0) is 16.4 Å². The van der Waals surface area contributed by atoms with Gasteiger partial charge in [-0.05, 0) is 42.3 Å². The van der Waals surface area contributed by atoms with E-state index in [2.05, 4.69) is 5.32 Å². The lowest BCUT2D eigenvalue weighted by Crippen LogP contribution is -2.33. The number of hydrogen-bond acceptors (Lipinski definition) is 5. The number of carbonyl (C=O) groups is 1. The molecule has 0 radical (unpaired) electrons. The molecule has 2 heterocycles. The molecule has 170 valence electrons. The minimum absolute atomic E-state index is 0.0533. The third-order valence-corrected chi connectivity index (χ3v) is 7.92. The highest BCUT2D eigenvalue weighted by atomic mass is 32.2. The van der Waals surface area contributed by atoms with Crippen LogP contribution in [0.2, 0.25) is 0 Å². The number of benzene rings is 3. The van der Waals surface area contributed by atoms with E-state index in [9.17, 15) is 13.2 Å². The molecule has 8 heteroatoms. The molecule has 0 unspecified atom stereocenters. The summed E-state index contributed by atoms with van der Waals surface area (Å²) in [5.41, 5.74) is 2.74. The molecule has 0 fully saturated rings. The lowest BCUT2D eigenvalue weighted by atomic mass is 10.00. The van der Waals surface area contributed by atoms with Gasteiger partial charge in [-0.1, -0.05) is 36.4 Å². The van der Waals surface area contributed by atoms with Crippen LogP contribution in [0.25, 0.3) is 0 Å². The van der Waals surface area contributed by atoms with Gasteiger partial charge in [-0.15, -0.1) is 0 Å². The molecule has 33 heavy (non-hydrogen) atoms. The van der Waals surface area contributed by atoms with Crippen LogP contribution in [0.15, 0.2) is 71.6 Å². The summed E-state index contributed by atoms with van der Waals surface area (Å²) in [7, 11) is -2.38. The summed E-state index contributed by atoms with van der Waals surface area (Å²) in [5, 5.41) is 3.02. The predicted molar refractivity (Wildman–Crippen MR) is 124 cm³/mol. The van der Waals surface area contributed by atoms with Crippen LogP contribution in [-0.4, -0.2) is 34.6 Å². The minimum Gasteiger partial charge on any atom is -0.496 e. The number of nitrogens with zero attached hydrogens (tertiary/aromatic N) is 1. The largest absolute Gasteiger partial charge is 0.496 e. The quantitative estimate of drug-likeness (QED) is 0.622. The van der Waals surface area contributed by atoms with E-state index in [0.717, 1.165) is 16.9 Å². The lowest BCUT2D eigenvalue weighted by Gasteiger charge is -2.27. The first-order valence-electron chi connectivity index (χ1n) is 10.8. The molecule has 7 nitrogen and oxygen atoms in total. The lowest BCUT2D eigenvalue weighted by molar-refractivity contribution is 0.0921. The first-order valence-corrected chi connectivity index (χ1v) is 12.2. The van der Waals surface area contributed by atoms with Crippen LogP contribution < -0.4 is 19.1 Å². The van der Waals surface area contributed by atoms with Gasteiger partial charge < -0.3 is 14.8 Å². The predicted octanol–water partition coefficient (Wildman–Crippen LogP) is 3.70. The van der Waals surface area contributed by atoms with Crippen molar-refractivity contribution in [3.8, 4) is 11.5 Å². The van der Waals surface area contributed by atoms with Crippen LogP contribution >= 0.6 is 0 Å². The fourth-order valence-corrected chi connectivity index (χ4v) is 5.97. The first kappa shape index (κ1) is 21.3. The van der Waals surface area contributed by atoms with Crippen LogP contribution in [0, 0.1) is 0 Å². The molecule has 0 bridgehead atoms. The van der Waals surface area contributed by atoms with E-state index in [1.165, 1.54) is 29.6 Å². The summed E-state index contributed by atoms with van der Waals surface area (Å²) in [6, 6.07) is 19.2. The molecule has 0 aliphatic carbocycles. The van der Waals surface area contributed by atoms with Gasteiger partial charge in [-0.3, -0.25) is 9.10 Å². The van der Waals surface area contributed by atoms with Gasteiger partial charge in [-0.25, -0.2) is 8.42 Å². The fraction of sp³-hybridized carbons (Fsp3) is 0.240. The summed E-state index contributed by atoms with van der Waals surface area (Å²) >= 11 is 0. The van der Waals surface area contributed by atoms with Crippen LogP contribution in [0.5, 0.6) is 11.5 Å². The molecule has 0 spiro atoms. The molecular weight excluding hydrogens is 440 g/mol. The van der Waals surface area contributed by atoms with Gasteiger partial charge in [0.2, 0.25) is 0 Å². The molecular formula is C25H24N2O5S. The van der Waals surface area contributed by atoms with Gasteiger partial charge in [0, 0.05) is 18.5 Å². The monoisotopic (exact) mass is 464 g/mol. The van der Waals surface area contributed by atoms with Gasteiger partial charge in [-0.2, -0.15) is 0 Å². The summed E-state index contributed by atoms with van der Waals surface area (Å²) in [6.07, 6.45) is 1.27. The van der Waals surface area contributed by atoms with Crippen molar-refractivity contribution in [1.82, 2.24) is 5.32 Å². The summed E-state index contributed by atoms with van der Waals surface area (Å²) < 4.78 is 39.4. The Bertz CT molecular complexity index is 1320. The Labute approximate surface area is 193 Å². The van der Waals surface area contributed by atoms with E-state index >= 15 is 0 Å². The Balaban J connectivity index is 1.47. The highest BCUT2D eigenvalue weighted by molar-refractivity contribution is 7.92. The minimum atomic E-state index is -3.84. The second-order valence-electron chi connectivity index (χ2n) is 8.02. The maximum Gasteiger partial charge on any atom is 0.264 e. The number of methoxy groups -OCH3 is 1. The number of para-hydroxylation sites is 2. The molecule has 1 N–H and O–H groups in total. The number of hydrogen-bond donors (Lipinski definition) is 1. The van der Waals surface area contributed by atoms with Gasteiger partial charge in [0.25, 0.3) is 15.9 Å². The van der Waals surface area contributed by atoms with E-state index < -0.39 is 15.9 Å². The smallest absolute Gasteiger partial charge is 0.264 e. The number of ether oxygens (including phenoxy) is 2. The molecule has 0 saturated carbocycles. The molecule has 3 aromatic carbocycles. The molecule has 1 atom stereocenters. The average molecular weight is 465 g/mol. The zero-order chi connectivity index (χ0) is 23.0. The van der Waals surface area contributed by atoms with Crippen molar-refractivity contribution >= 4 is 21.6 Å². The normalized spacial score (nSPS) is 17.0. The summed E-state index contributed by atoms with van der Waals surface area (Å²) in [6.45, 7) is 0.857. The van der Waals surface area contributed by atoms with Crippen molar-refractivity contribution in [2.75, 3.05) is 24.6 Å². The standard InChI is InChI=1S/C25H24N2O5S/c1-31-23-11-10-18(33(29,30)27-14-12-17-6-2-4-8-22(17)27)16-20(23)25(28)26-21-13-15-32-24-9-5-3-7-19(21)24/h2-11,16,21H,12-15H2,1H3,(H,26,28)/t21-/m1/s1. The topological polar surface area (TPSA) is 84.9 Å². The molecule has 0 saturated heterocycles. The van der Waals surface area contributed by atoms with Gasteiger partial charge >= 0.3 is 0 Å². The highest BCUT2D eigenvalue weighted by Gasteiger charge is 2.32. The molecule has 1 amide bonds. The summed E-state index contributed by atoms with van der Waals surface area (Å²) in [5.74, 6) is 0.658. The maximum atomic E-state index is 13.5. The number of fused-ring (bicyclic) bond motifs is 2. The van der Waals surface area contributed by atoms with E-state index in [1.54, 1.807) is 6.07 Å². The van der Waals surface area contributed by atoms with Crippen molar-refractivity contribution in [3.63, 3.8) is 0 Å². The van der Waals surface area contributed by atoms with Crippen molar-refractivity contribution in [3.05, 3.63) is 83.4 Å². The van der Waals surface area contributed by atoms with Crippen molar-refractivity contribution < 1.29 is 22.7 Å². The Morgan fingerprint density at radius 1 is 1.09 bits per heavy atom. The molecule has 3 aromatic rings. The van der Waals surface area contributed by atoms with E-state index in [-0.39, 0.29) is 16.5 Å². The number of carbonyl (C=O) groups excluding carboxylic acids is 1. The van der Waals surface area contributed by atoms with Gasteiger partial charge in [0.05, 0.1) is 35.9 Å². The number of rotatable bonds is 5. The first-order chi connectivity index (χ1) is 16.0. The molecule has 2 aliphatic rings. The van der Waals surface area contributed by atoms with Crippen molar-refractivity contribution in [2.24, 2.45) is 0 Å². The molecule has 2 aliphatic heterocycles. The van der Waals surface area contributed by atoms with Crippen molar-refractivity contribution in [2.45, 2.75) is 23.8 Å². The Morgan fingerprint density at radius 2 is 1.88 bits per heavy atom. The third kappa shape index (κ3) is 3.80. The molecule has 5 rings (SSSR count). The third-order valence-electron chi connectivity index (χ3n) is 6.11. The fourth-order valence-electron chi connectivity index (χ4n) is 4.44. The SMILES string of the molecule is COc1ccc(S(=O)(=O)N2CCc3ccccc32)cc1C(=O)N[C@@H]1CCOc2ccccc21. The molecule has 0 aromatic heterocycles. The Kier molecular flexibility index (Phi) is 5.46. The summed E-state index contributed by atoms with van der Waals surface area (Å²) in [4.78, 5) is 13.3. The maximum absolute atomic E-state index is 13.5. The van der Waals surface area contributed by atoms with Gasteiger partial charge in [0.15, 0.2) is 0 Å². The van der Waals surface area contributed by atoms with Crippen LogP contribution in [0.4, 0.5) is 5.69 Å².